The van der Waals surface area contributed by atoms with Crippen molar-refractivity contribution in [2.24, 2.45) is 5.41 Å². The van der Waals surface area contributed by atoms with Crippen molar-refractivity contribution in [3.05, 3.63) is 0 Å². The van der Waals surface area contributed by atoms with Gasteiger partial charge < -0.3 is 15.0 Å². The Kier molecular flexibility index (Phi) is 5.67. The van der Waals surface area contributed by atoms with Crippen LogP contribution in [0.15, 0.2) is 0 Å². The molecular formula is C16H32N2O. The van der Waals surface area contributed by atoms with Gasteiger partial charge in [-0.2, -0.15) is 0 Å². The molecule has 1 unspecified atom stereocenters. The van der Waals surface area contributed by atoms with E-state index in [1.54, 1.807) is 0 Å². The molecule has 1 atom stereocenters. The molecule has 1 saturated heterocycles. The predicted molar refractivity (Wildman–Crippen MR) is 80.5 cm³/mol. The summed E-state index contributed by atoms with van der Waals surface area (Å²) in [5.41, 5.74) is 0.522. The summed E-state index contributed by atoms with van der Waals surface area (Å²) >= 11 is 0. The number of nitrogens with zero attached hydrogens (tertiary/aromatic N) is 1. The zero-order chi connectivity index (χ0) is 13.7. The minimum Gasteiger partial charge on any atom is -0.377 e. The first-order chi connectivity index (χ1) is 9.10. The maximum Gasteiger partial charge on any atom is 0.0673 e. The molecule has 2 aliphatic rings. The summed E-state index contributed by atoms with van der Waals surface area (Å²) in [6.45, 7) is 12.4. The molecule has 0 aromatic rings. The summed E-state index contributed by atoms with van der Waals surface area (Å²) in [6.07, 6.45) is 7.23. The molecule has 19 heavy (non-hydrogen) atoms. The van der Waals surface area contributed by atoms with Crippen LogP contribution < -0.4 is 5.32 Å². The third-order valence-corrected chi connectivity index (χ3v) is 4.64. The maximum atomic E-state index is 5.77. The van der Waals surface area contributed by atoms with Gasteiger partial charge in [0.2, 0.25) is 0 Å². The highest BCUT2D eigenvalue weighted by Crippen LogP contribution is 2.38. The molecule has 0 bridgehead atoms. The minimum absolute atomic E-state index is 0.402. The smallest absolute Gasteiger partial charge is 0.0673 e. The van der Waals surface area contributed by atoms with Gasteiger partial charge in [-0.1, -0.05) is 26.7 Å². The highest BCUT2D eigenvalue weighted by Gasteiger charge is 2.35. The average Bonchev–Trinajstić information content (AvgIpc) is 2.71. The van der Waals surface area contributed by atoms with Gasteiger partial charge in [-0.05, 0) is 31.6 Å². The maximum absolute atomic E-state index is 5.77. The van der Waals surface area contributed by atoms with Crippen molar-refractivity contribution in [2.45, 2.75) is 65.0 Å². The van der Waals surface area contributed by atoms with Crippen LogP contribution in [0.2, 0.25) is 0 Å². The van der Waals surface area contributed by atoms with Crippen molar-refractivity contribution in [1.29, 1.82) is 0 Å². The van der Waals surface area contributed by atoms with Crippen molar-refractivity contribution >= 4 is 0 Å². The molecule has 3 nitrogen and oxygen atoms in total. The van der Waals surface area contributed by atoms with Gasteiger partial charge in [-0.3, -0.25) is 0 Å². The molecule has 1 saturated carbocycles. The molecule has 2 rings (SSSR count). The van der Waals surface area contributed by atoms with Gasteiger partial charge in [-0.15, -0.1) is 0 Å². The zero-order valence-electron chi connectivity index (χ0n) is 13.1. The molecule has 3 heteroatoms. The van der Waals surface area contributed by atoms with Crippen molar-refractivity contribution < 1.29 is 4.74 Å². The Labute approximate surface area is 119 Å². The van der Waals surface area contributed by atoms with Gasteiger partial charge >= 0.3 is 0 Å². The third-order valence-electron chi connectivity index (χ3n) is 4.64. The Morgan fingerprint density at radius 1 is 1.26 bits per heavy atom. The second kappa shape index (κ2) is 7.05. The fourth-order valence-electron chi connectivity index (χ4n) is 3.63. The van der Waals surface area contributed by atoms with E-state index >= 15 is 0 Å². The normalized spacial score (nSPS) is 28.7. The predicted octanol–water partition coefficient (Wildman–Crippen LogP) is 2.66. The Hall–Kier alpha value is -0.120. The Morgan fingerprint density at radius 2 is 2.00 bits per heavy atom. The fraction of sp³-hybridized carbons (Fsp3) is 1.00. The number of nitrogens with one attached hydrogen (secondary N) is 1. The molecule has 1 aliphatic heterocycles. The van der Waals surface area contributed by atoms with Crippen LogP contribution in [0, 0.1) is 5.41 Å². The van der Waals surface area contributed by atoms with Crippen LogP contribution in [0.25, 0.3) is 0 Å². The van der Waals surface area contributed by atoms with Crippen LogP contribution in [0.1, 0.15) is 52.9 Å². The first-order valence-corrected chi connectivity index (χ1v) is 8.17. The highest BCUT2D eigenvalue weighted by molar-refractivity contribution is 4.90. The molecule has 112 valence electrons. The third kappa shape index (κ3) is 4.73. The minimum atomic E-state index is 0.402. The van der Waals surface area contributed by atoms with Gasteiger partial charge in [-0.25, -0.2) is 0 Å². The summed E-state index contributed by atoms with van der Waals surface area (Å²) in [5, 5.41) is 3.69. The van der Waals surface area contributed by atoms with Crippen LogP contribution in [-0.2, 0) is 4.74 Å². The average molecular weight is 268 g/mol. The van der Waals surface area contributed by atoms with Crippen LogP contribution >= 0.6 is 0 Å². The Balaban J connectivity index is 1.91. The van der Waals surface area contributed by atoms with E-state index in [2.05, 4.69) is 31.0 Å². The van der Waals surface area contributed by atoms with Crippen LogP contribution in [0.3, 0.4) is 0 Å². The molecule has 1 N–H and O–H groups in total. The SMILES string of the molecule is CC(C)NCC1(CN2CCCOC(C)C2)CCCC1. The quantitative estimate of drug-likeness (QED) is 0.829. The number of rotatable bonds is 5. The lowest BCUT2D eigenvalue weighted by atomic mass is 9.85. The summed E-state index contributed by atoms with van der Waals surface area (Å²) in [6, 6.07) is 0.601. The second-order valence-corrected chi connectivity index (χ2v) is 7.01. The first-order valence-electron chi connectivity index (χ1n) is 8.17. The molecule has 1 aliphatic carbocycles. The Morgan fingerprint density at radius 3 is 2.68 bits per heavy atom. The van der Waals surface area contributed by atoms with Crippen molar-refractivity contribution in [3.8, 4) is 0 Å². The van der Waals surface area contributed by atoms with E-state index in [-0.39, 0.29) is 0 Å². The van der Waals surface area contributed by atoms with E-state index in [4.69, 9.17) is 4.74 Å². The molecule has 1 heterocycles. The van der Waals surface area contributed by atoms with E-state index in [0.717, 1.165) is 13.2 Å². The molecule has 0 aromatic carbocycles. The summed E-state index contributed by atoms with van der Waals surface area (Å²) < 4.78 is 5.77. The molecule has 0 radical (unpaired) electrons. The van der Waals surface area contributed by atoms with Gasteiger partial charge in [0.05, 0.1) is 6.10 Å². The van der Waals surface area contributed by atoms with E-state index in [1.807, 2.05) is 0 Å². The van der Waals surface area contributed by atoms with E-state index < -0.39 is 0 Å². The lowest BCUT2D eigenvalue weighted by Gasteiger charge is -2.36. The van der Waals surface area contributed by atoms with Gasteiger partial charge in [0, 0.05) is 38.8 Å². The molecule has 0 amide bonds. The monoisotopic (exact) mass is 268 g/mol. The number of ether oxygens (including phenoxy) is 1. The van der Waals surface area contributed by atoms with E-state index in [0.29, 0.717) is 17.6 Å². The largest absolute Gasteiger partial charge is 0.377 e. The summed E-state index contributed by atoms with van der Waals surface area (Å²) in [5.74, 6) is 0. The highest BCUT2D eigenvalue weighted by atomic mass is 16.5. The van der Waals surface area contributed by atoms with Crippen molar-refractivity contribution in [2.75, 3.05) is 32.8 Å². The molecule has 2 fully saturated rings. The molecule has 0 aromatic heterocycles. The van der Waals surface area contributed by atoms with Gasteiger partial charge in [0.1, 0.15) is 0 Å². The summed E-state index contributed by atoms with van der Waals surface area (Å²) in [4.78, 5) is 2.66. The van der Waals surface area contributed by atoms with E-state index in [1.165, 1.54) is 51.7 Å². The molecule has 0 spiro atoms. The topological polar surface area (TPSA) is 24.5 Å². The second-order valence-electron chi connectivity index (χ2n) is 7.01. The first kappa shape index (κ1) is 15.3. The lowest BCUT2D eigenvalue weighted by Crippen LogP contribution is -2.45. The van der Waals surface area contributed by atoms with Gasteiger partial charge in [0.25, 0.3) is 0 Å². The summed E-state index contributed by atoms with van der Waals surface area (Å²) in [7, 11) is 0. The Bertz CT molecular complexity index is 261. The van der Waals surface area contributed by atoms with Crippen molar-refractivity contribution in [3.63, 3.8) is 0 Å². The number of hydrogen-bond acceptors (Lipinski definition) is 3. The van der Waals surface area contributed by atoms with Crippen LogP contribution in [0.5, 0.6) is 0 Å². The van der Waals surface area contributed by atoms with E-state index in [9.17, 15) is 0 Å². The molecular weight excluding hydrogens is 236 g/mol. The zero-order valence-corrected chi connectivity index (χ0v) is 13.1. The van der Waals surface area contributed by atoms with Gasteiger partial charge in [0.15, 0.2) is 0 Å². The van der Waals surface area contributed by atoms with Crippen LogP contribution in [0.4, 0.5) is 0 Å². The number of hydrogen-bond donors (Lipinski definition) is 1. The standard InChI is InChI=1S/C16H32N2O/c1-14(2)17-12-16(7-4-5-8-16)13-18-9-6-10-19-15(3)11-18/h14-15,17H,4-13H2,1-3H3. The van der Waals surface area contributed by atoms with Crippen molar-refractivity contribution in [1.82, 2.24) is 10.2 Å². The fourth-order valence-corrected chi connectivity index (χ4v) is 3.63. The lowest BCUT2D eigenvalue weighted by molar-refractivity contribution is 0.0588. The van der Waals surface area contributed by atoms with Crippen LogP contribution in [-0.4, -0.2) is 49.8 Å².